The average Bonchev–Trinajstić information content (AvgIpc) is 2.65. The normalized spacial score (nSPS) is 13.8. The number of nitrogens with zero attached hydrogens (tertiary/aromatic N) is 1. The largest absolute Gasteiger partial charge is 0.494 e. The zero-order valence-corrected chi connectivity index (χ0v) is 16.4. The molecule has 2 aromatic rings. The van der Waals surface area contributed by atoms with E-state index in [1.165, 1.54) is 6.92 Å². The molecule has 0 unspecified atom stereocenters. The molecular weight excluding hydrogens is 364 g/mol. The lowest BCUT2D eigenvalue weighted by atomic mass is 10.0. The van der Waals surface area contributed by atoms with Crippen molar-refractivity contribution < 1.29 is 17.9 Å². The van der Waals surface area contributed by atoms with Crippen LogP contribution < -0.4 is 14.4 Å². The highest BCUT2D eigenvalue weighted by atomic mass is 32.2. The third-order valence-corrected chi connectivity index (χ3v) is 5.80. The van der Waals surface area contributed by atoms with E-state index >= 15 is 0 Å². The third-order valence-electron chi connectivity index (χ3n) is 4.42. The molecular formula is C20H24N2O4S. The fraction of sp³-hybridized carbons (Fsp3) is 0.350. The van der Waals surface area contributed by atoms with Gasteiger partial charge in [-0.05, 0) is 55.2 Å². The summed E-state index contributed by atoms with van der Waals surface area (Å²) in [6.45, 7) is 4.77. The van der Waals surface area contributed by atoms with Crippen molar-refractivity contribution in [3.63, 3.8) is 0 Å². The topological polar surface area (TPSA) is 75.7 Å². The average molecular weight is 388 g/mol. The number of benzene rings is 2. The summed E-state index contributed by atoms with van der Waals surface area (Å²) in [7, 11) is -3.73. The highest BCUT2D eigenvalue weighted by molar-refractivity contribution is 7.92. The fourth-order valence-corrected chi connectivity index (χ4v) is 4.25. The van der Waals surface area contributed by atoms with Gasteiger partial charge in [0.15, 0.2) is 0 Å². The van der Waals surface area contributed by atoms with Gasteiger partial charge in [0, 0.05) is 25.2 Å². The van der Waals surface area contributed by atoms with Gasteiger partial charge in [0.25, 0.3) is 10.0 Å². The zero-order valence-electron chi connectivity index (χ0n) is 15.6. The number of sulfonamides is 1. The van der Waals surface area contributed by atoms with Crippen LogP contribution in [0.1, 0.15) is 32.3 Å². The Kier molecular flexibility index (Phi) is 5.70. The van der Waals surface area contributed by atoms with Crippen LogP contribution in [-0.4, -0.2) is 27.5 Å². The van der Waals surface area contributed by atoms with Gasteiger partial charge in [-0.2, -0.15) is 0 Å². The molecule has 6 nitrogen and oxygen atoms in total. The first-order chi connectivity index (χ1) is 12.9. The molecule has 0 bridgehead atoms. The minimum atomic E-state index is -3.73. The maximum atomic E-state index is 12.8. The minimum absolute atomic E-state index is 0.0337. The molecule has 7 heteroatoms. The molecule has 0 saturated heterocycles. The van der Waals surface area contributed by atoms with Crippen molar-refractivity contribution in [1.29, 1.82) is 0 Å². The monoisotopic (exact) mass is 388 g/mol. The molecule has 1 amide bonds. The number of hydrogen-bond donors (Lipinski definition) is 1. The number of nitrogens with one attached hydrogen (secondary N) is 1. The Labute approximate surface area is 160 Å². The summed E-state index contributed by atoms with van der Waals surface area (Å²) < 4.78 is 33.7. The summed E-state index contributed by atoms with van der Waals surface area (Å²) in [6.07, 6.45) is 2.45. The minimum Gasteiger partial charge on any atom is -0.494 e. The summed E-state index contributed by atoms with van der Waals surface area (Å²) in [6, 6.07) is 11.8. The standard InChI is InChI=1S/C20H24N2O4S/c1-3-12-26-18-8-4-7-17(14-18)21-27(24,25)19-9-10-20-16(13-19)6-5-11-22(20)15(2)23/h4,7-10,13-14,21H,3,5-6,11-12H2,1-2H3. The van der Waals surface area contributed by atoms with E-state index in [0.717, 1.165) is 30.5 Å². The SMILES string of the molecule is CCCOc1cccc(NS(=O)(=O)c2ccc3c(c2)CCCN3C(C)=O)c1. The van der Waals surface area contributed by atoms with Crippen LogP contribution in [0, 0.1) is 0 Å². The maximum Gasteiger partial charge on any atom is 0.261 e. The molecule has 2 aromatic carbocycles. The van der Waals surface area contributed by atoms with Crippen LogP contribution in [-0.2, 0) is 21.2 Å². The van der Waals surface area contributed by atoms with E-state index in [4.69, 9.17) is 4.74 Å². The Bertz CT molecular complexity index is 941. The number of aryl methyl sites for hydroxylation is 1. The van der Waals surface area contributed by atoms with Gasteiger partial charge in [-0.3, -0.25) is 9.52 Å². The molecule has 27 heavy (non-hydrogen) atoms. The molecule has 3 rings (SSSR count). The summed E-state index contributed by atoms with van der Waals surface area (Å²) in [5.41, 5.74) is 2.12. The fourth-order valence-electron chi connectivity index (χ4n) is 3.15. The van der Waals surface area contributed by atoms with E-state index < -0.39 is 10.0 Å². The van der Waals surface area contributed by atoms with Gasteiger partial charge < -0.3 is 9.64 Å². The van der Waals surface area contributed by atoms with Crippen molar-refractivity contribution in [1.82, 2.24) is 0 Å². The van der Waals surface area contributed by atoms with Gasteiger partial charge in [-0.25, -0.2) is 8.42 Å². The predicted molar refractivity (Wildman–Crippen MR) is 106 cm³/mol. The number of rotatable bonds is 6. The number of anilines is 2. The molecule has 0 aliphatic carbocycles. The molecule has 0 spiro atoms. The molecule has 0 aromatic heterocycles. The second-order valence-corrected chi connectivity index (χ2v) is 8.23. The van der Waals surface area contributed by atoms with E-state index in [1.54, 1.807) is 47.4 Å². The molecule has 1 aliphatic heterocycles. The van der Waals surface area contributed by atoms with Crippen molar-refractivity contribution in [3.05, 3.63) is 48.0 Å². The highest BCUT2D eigenvalue weighted by Crippen LogP contribution is 2.30. The number of carbonyl (C=O) groups is 1. The Balaban J connectivity index is 1.84. The zero-order chi connectivity index (χ0) is 19.4. The summed E-state index contributed by atoms with van der Waals surface area (Å²) in [4.78, 5) is 13.7. The van der Waals surface area contributed by atoms with Crippen molar-refractivity contribution in [3.8, 4) is 5.75 Å². The van der Waals surface area contributed by atoms with Gasteiger partial charge >= 0.3 is 0 Å². The molecule has 1 N–H and O–H groups in total. The summed E-state index contributed by atoms with van der Waals surface area (Å²) in [5.74, 6) is 0.591. The summed E-state index contributed by atoms with van der Waals surface area (Å²) in [5, 5.41) is 0. The predicted octanol–water partition coefficient (Wildman–Crippen LogP) is 3.58. The number of carbonyl (C=O) groups excluding carboxylic acids is 1. The van der Waals surface area contributed by atoms with Gasteiger partial charge in [0.2, 0.25) is 5.91 Å². The lowest BCUT2D eigenvalue weighted by Crippen LogP contribution is -2.33. The number of ether oxygens (including phenoxy) is 1. The van der Waals surface area contributed by atoms with E-state index in [-0.39, 0.29) is 10.8 Å². The number of fused-ring (bicyclic) bond motifs is 1. The van der Waals surface area contributed by atoms with Crippen LogP contribution >= 0.6 is 0 Å². The lowest BCUT2D eigenvalue weighted by Gasteiger charge is -2.28. The molecule has 0 atom stereocenters. The molecule has 0 fully saturated rings. The maximum absolute atomic E-state index is 12.8. The third kappa shape index (κ3) is 4.42. The van der Waals surface area contributed by atoms with Crippen molar-refractivity contribution >= 4 is 27.3 Å². The smallest absolute Gasteiger partial charge is 0.261 e. The van der Waals surface area contributed by atoms with Gasteiger partial charge in [0.1, 0.15) is 5.75 Å². The first-order valence-electron chi connectivity index (χ1n) is 9.07. The van der Waals surface area contributed by atoms with Crippen molar-refractivity contribution in [2.24, 2.45) is 0 Å². The van der Waals surface area contributed by atoms with E-state index in [0.29, 0.717) is 24.6 Å². The molecule has 1 aliphatic rings. The van der Waals surface area contributed by atoms with E-state index in [2.05, 4.69) is 4.72 Å². The Hall–Kier alpha value is -2.54. The lowest BCUT2D eigenvalue weighted by molar-refractivity contribution is -0.116. The van der Waals surface area contributed by atoms with Crippen LogP contribution in [0.5, 0.6) is 5.75 Å². The van der Waals surface area contributed by atoms with Crippen molar-refractivity contribution in [2.45, 2.75) is 38.0 Å². The second kappa shape index (κ2) is 8.00. The van der Waals surface area contributed by atoms with Crippen molar-refractivity contribution in [2.75, 3.05) is 22.8 Å². The number of amides is 1. The van der Waals surface area contributed by atoms with Gasteiger partial charge in [0.05, 0.1) is 17.2 Å². The Morgan fingerprint density at radius 2 is 2.04 bits per heavy atom. The van der Waals surface area contributed by atoms with Crippen LogP contribution in [0.25, 0.3) is 0 Å². The van der Waals surface area contributed by atoms with Crippen LogP contribution in [0.3, 0.4) is 0 Å². The molecule has 0 saturated carbocycles. The molecule has 0 radical (unpaired) electrons. The van der Waals surface area contributed by atoms with Gasteiger partial charge in [-0.15, -0.1) is 0 Å². The highest BCUT2D eigenvalue weighted by Gasteiger charge is 2.23. The Morgan fingerprint density at radius 3 is 2.78 bits per heavy atom. The second-order valence-electron chi connectivity index (χ2n) is 6.55. The Morgan fingerprint density at radius 1 is 1.22 bits per heavy atom. The van der Waals surface area contributed by atoms with Crippen LogP contribution in [0.15, 0.2) is 47.4 Å². The quantitative estimate of drug-likeness (QED) is 0.821. The van der Waals surface area contributed by atoms with Crippen LogP contribution in [0.4, 0.5) is 11.4 Å². The van der Waals surface area contributed by atoms with Gasteiger partial charge in [-0.1, -0.05) is 13.0 Å². The van der Waals surface area contributed by atoms with Crippen LogP contribution in [0.2, 0.25) is 0 Å². The molecule has 144 valence electrons. The first kappa shape index (κ1) is 19.2. The number of hydrogen-bond acceptors (Lipinski definition) is 4. The van der Waals surface area contributed by atoms with E-state index in [1.807, 2.05) is 6.92 Å². The molecule has 1 heterocycles. The summed E-state index contributed by atoms with van der Waals surface area (Å²) >= 11 is 0. The van der Waals surface area contributed by atoms with E-state index in [9.17, 15) is 13.2 Å². The first-order valence-corrected chi connectivity index (χ1v) is 10.6.